The lowest BCUT2D eigenvalue weighted by Crippen LogP contribution is -1.93. The van der Waals surface area contributed by atoms with E-state index in [1.54, 1.807) is 13.3 Å². The van der Waals surface area contributed by atoms with E-state index in [1.807, 2.05) is 24.3 Å². The van der Waals surface area contributed by atoms with E-state index in [1.165, 1.54) is 0 Å². The molecule has 2 aromatic heterocycles. The molecule has 3 rings (SSSR count). The maximum atomic E-state index is 5.92. The number of aromatic nitrogens is 4. The predicted molar refractivity (Wildman–Crippen MR) is 68.7 cm³/mol. The van der Waals surface area contributed by atoms with Gasteiger partial charge in [0.25, 0.3) is 0 Å². The zero-order valence-corrected chi connectivity index (χ0v) is 10.3. The number of aromatic amines is 1. The summed E-state index contributed by atoms with van der Waals surface area (Å²) in [5.74, 6) is 0.731. The largest absolute Gasteiger partial charge is 0.496 e. The molecule has 0 atom stereocenters. The van der Waals surface area contributed by atoms with Gasteiger partial charge in [0, 0.05) is 5.56 Å². The highest BCUT2D eigenvalue weighted by Gasteiger charge is 2.13. The van der Waals surface area contributed by atoms with Crippen LogP contribution >= 0.6 is 11.6 Å². The molecular weight excluding hydrogens is 252 g/mol. The van der Waals surface area contributed by atoms with Crippen molar-refractivity contribution in [1.82, 2.24) is 20.2 Å². The number of nitrogens with zero attached hydrogens (tertiary/aromatic N) is 3. The van der Waals surface area contributed by atoms with E-state index in [4.69, 9.17) is 16.3 Å². The smallest absolute Gasteiger partial charge is 0.224 e. The molecule has 6 heteroatoms. The molecule has 0 fully saturated rings. The Kier molecular flexibility index (Phi) is 2.60. The number of nitrogens with one attached hydrogen (secondary N) is 1. The van der Waals surface area contributed by atoms with Gasteiger partial charge in [0.15, 0.2) is 5.65 Å². The molecule has 2 heterocycles. The van der Waals surface area contributed by atoms with E-state index in [-0.39, 0.29) is 5.28 Å². The lowest BCUT2D eigenvalue weighted by molar-refractivity contribution is 0.416. The number of ether oxygens (including phenoxy) is 1. The average Bonchev–Trinajstić information content (AvgIpc) is 2.85. The van der Waals surface area contributed by atoms with Crippen LogP contribution in [0.25, 0.3) is 22.3 Å². The van der Waals surface area contributed by atoms with Gasteiger partial charge >= 0.3 is 0 Å². The molecule has 0 aliphatic heterocycles. The maximum Gasteiger partial charge on any atom is 0.224 e. The predicted octanol–water partition coefficient (Wildman–Crippen LogP) is 2.68. The second-order valence-corrected chi connectivity index (χ2v) is 4.01. The Hall–Kier alpha value is -2.14. The Morgan fingerprint density at radius 2 is 2.06 bits per heavy atom. The van der Waals surface area contributed by atoms with E-state index in [2.05, 4.69) is 20.2 Å². The van der Waals surface area contributed by atoms with Gasteiger partial charge in [0.05, 0.1) is 24.4 Å². The number of H-pyrrole nitrogens is 1. The number of para-hydroxylation sites is 1. The molecule has 0 spiro atoms. The third kappa shape index (κ3) is 1.69. The van der Waals surface area contributed by atoms with Crippen LogP contribution in [0.15, 0.2) is 30.5 Å². The highest BCUT2D eigenvalue weighted by atomic mass is 35.5. The van der Waals surface area contributed by atoms with Gasteiger partial charge in [-0.2, -0.15) is 10.1 Å². The van der Waals surface area contributed by atoms with Gasteiger partial charge in [0.2, 0.25) is 5.28 Å². The molecule has 5 nitrogen and oxygen atoms in total. The number of rotatable bonds is 2. The molecule has 0 saturated carbocycles. The highest BCUT2D eigenvalue weighted by molar-refractivity contribution is 6.28. The van der Waals surface area contributed by atoms with E-state index >= 15 is 0 Å². The molecule has 0 unspecified atom stereocenters. The third-order valence-electron chi connectivity index (χ3n) is 2.64. The van der Waals surface area contributed by atoms with Crippen LogP contribution in [0.3, 0.4) is 0 Å². The second kappa shape index (κ2) is 4.27. The first kappa shape index (κ1) is 11.0. The average molecular weight is 261 g/mol. The van der Waals surface area contributed by atoms with Crippen LogP contribution in [0.5, 0.6) is 5.75 Å². The van der Waals surface area contributed by atoms with Gasteiger partial charge < -0.3 is 4.74 Å². The number of benzene rings is 1. The fraction of sp³-hybridized carbons (Fsp3) is 0.0833. The summed E-state index contributed by atoms with van der Waals surface area (Å²) in [5, 5.41) is 7.72. The monoisotopic (exact) mass is 260 g/mol. The highest BCUT2D eigenvalue weighted by Crippen LogP contribution is 2.32. The maximum absolute atomic E-state index is 5.92. The molecule has 18 heavy (non-hydrogen) atoms. The Labute approximate surface area is 108 Å². The van der Waals surface area contributed by atoms with Gasteiger partial charge in [-0.25, -0.2) is 4.98 Å². The van der Waals surface area contributed by atoms with Crippen LogP contribution in [0.2, 0.25) is 5.28 Å². The zero-order valence-electron chi connectivity index (χ0n) is 9.51. The Bertz CT molecular complexity index is 710. The van der Waals surface area contributed by atoms with Crippen molar-refractivity contribution >= 4 is 22.6 Å². The first-order chi connectivity index (χ1) is 8.79. The van der Waals surface area contributed by atoms with E-state index in [0.717, 1.165) is 16.7 Å². The van der Waals surface area contributed by atoms with E-state index in [0.29, 0.717) is 11.3 Å². The summed E-state index contributed by atoms with van der Waals surface area (Å²) in [7, 11) is 1.62. The molecule has 0 aliphatic carbocycles. The normalized spacial score (nSPS) is 10.8. The van der Waals surface area contributed by atoms with Crippen LogP contribution in [0.4, 0.5) is 0 Å². The number of hydrogen-bond acceptors (Lipinski definition) is 4. The van der Waals surface area contributed by atoms with Crippen molar-refractivity contribution in [3.05, 3.63) is 35.7 Å². The summed E-state index contributed by atoms with van der Waals surface area (Å²) in [5.41, 5.74) is 2.17. The summed E-state index contributed by atoms with van der Waals surface area (Å²) in [6.07, 6.45) is 1.67. The lowest BCUT2D eigenvalue weighted by atomic mass is 10.1. The Morgan fingerprint density at radius 3 is 2.89 bits per heavy atom. The minimum Gasteiger partial charge on any atom is -0.496 e. The molecule has 90 valence electrons. The summed E-state index contributed by atoms with van der Waals surface area (Å²) < 4.78 is 5.33. The molecular formula is C12H9ClN4O. The fourth-order valence-electron chi connectivity index (χ4n) is 1.85. The van der Waals surface area contributed by atoms with Crippen LogP contribution in [-0.2, 0) is 0 Å². The first-order valence-corrected chi connectivity index (χ1v) is 5.67. The van der Waals surface area contributed by atoms with Crippen LogP contribution in [-0.4, -0.2) is 27.3 Å². The van der Waals surface area contributed by atoms with Crippen LogP contribution in [0.1, 0.15) is 0 Å². The van der Waals surface area contributed by atoms with Crippen molar-refractivity contribution < 1.29 is 4.74 Å². The molecule has 0 bridgehead atoms. The topological polar surface area (TPSA) is 63.7 Å². The van der Waals surface area contributed by atoms with Crippen molar-refractivity contribution in [1.29, 1.82) is 0 Å². The summed E-state index contributed by atoms with van der Waals surface area (Å²) in [6, 6.07) is 7.61. The summed E-state index contributed by atoms with van der Waals surface area (Å²) in [6.45, 7) is 0. The minimum absolute atomic E-state index is 0.174. The number of halogens is 1. The summed E-state index contributed by atoms with van der Waals surface area (Å²) in [4.78, 5) is 8.34. The van der Waals surface area contributed by atoms with Gasteiger partial charge in [-0.15, -0.1) is 0 Å². The van der Waals surface area contributed by atoms with Gasteiger partial charge in [-0.05, 0) is 23.7 Å². The fourth-order valence-corrected chi connectivity index (χ4v) is 2.02. The molecule has 0 amide bonds. The van der Waals surface area contributed by atoms with Gasteiger partial charge in [-0.1, -0.05) is 12.1 Å². The number of methoxy groups -OCH3 is 1. The Morgan fingerprint density at radius 1 is 1.22 bits per heavy atom. The molecule has 0 radical (unpaired) electrons. The first-order valence-electron chi connectivity index (χ1n) is 5.29. The lowest BCUT2D eigenvalue weighted by Gasteiger charge is -2.08. The van der Waals surface area contributed by atoms with Gasteiger partial charge in [-0.3, -0.25) is 5.10 Å². The number of hydrogen-bond donors (Lipinski definition) is 1. The standard InChI is InChI=1S/C12H9ClN4O/c1-18-9-5-3-2-4-7(9)10-8-6-14-17-11(8)16-12(13)15-10/h2-6H,1H3,(H,14,15,16,17). The van der Waals surface area contributed by atoms with Crippen molar-refractivity contribution in [3.8, 4) is 17.0 Å². The zero-order chi connectivity index (χ0) is 12.5. The van der Waals surface area contributed by atoms with E-state index < -0.39 is 0 Å². The molecule has 0 saturated heterocycles. The van der Waals surface area contributed by atoms with Crippen LogP contribution in [0, 0.1) is 0 Å². The SMILES string of the molecule is COc1ccccc1-c1nc(Cl)nc2[nH]ncc12. The molecule has 1 N–H and O–H groups in total. The third-order valence-corrected chi connectivity index (χ3v) is 2.81. The molecule has 1 aromatic carbocycles. The minimum atomic E-state index is 0.174. The van der Waals surface area contributed by atoms with Crippen molar-refractivity contribution in [2.75, 3.05) is 7.11 Å². The quantitative estimate of drug-likeness (QED) is 0.720. The van der Waals surface area contributed by atoms with E-state index in [9.17, 15) is 0 Å². The molecule has 3 aromatic rings. The van der Waals surface area contributed by atoms with Crippen molar-refractivity contribution in [2.24, 2.45) is 0 Å². The van der Waals surface area contributed by atoms with Gasteiger partial charge in [0.1, 0.15) is 5.75 Å². The van der Waals surface area contributed by atoms with Crippen LogP contribution < -0.4 is 4.74 Å². The van der Waals surface area contributed by atoms with Crippen molar-refractivity contribution in [3.63, 3.8) is 0 Å². The Balaban J connectivity index is 2.34. The summed E-state index contributed by atoms with van der Waals surface area (Å²) >= 11 is 5.92. The van der Waals surface area contributed by atoms with Crippen molar-refractivity contribution in [2.45, 2.75) is 0 Å². The number of fused-ring (bicyclic) bond motifs is 1. The molecule has 0 aliphatic rings. The second-order valence-electron chi connectivity index (χ2n) is 3.67.